The number of alkyl halides is 3. The molecule has 0 bridgehead atoms. The van der Waals surface area contributed by atoms with Crippen molar-refractivity contribution in [2.45, 2.75) is 32.9 Å². The Bertz CT molecular complexity index is 1330. The molecule has 0 unspecified atom stereocenters. The average Bonchev–Trinajstić information content (AvgIpc) is 3.39. The van der Waals surface area contributed by atoms with Crippen LogP contribution in [0.2, 0.25) is 5.02 Å². The van der Waals surface area contributed by atoms with Crippen LogP contribution >= 0.6 is 11.6 Å². The van der Waals surface area contributed by atoms with Crippen LogP contribution in [0.3, 0.4) is 0 Å². The Balaban J connectivity index is 1.47. The van der Waals surface area contributed by atoms with Gasteiger partial charge in [-0.25, -0.2) is 4.68 Å². The number of nitrogens with zero attached hydrogens (tertiary/aromatic N) is 4. The van der Waals surface area contributed by atoms with Gasteiger partial charge >= 0.3 is 6.18 Å². The normalized spacial score (nSPS) is 11.6. The summed E-state index contributed by atoms with van der Waals surface area (Å²) in [4.78, 5) is 12.5. The zero-order chi connectivity index (χ0) is 24.5. The molecule has 2 aromatic heterocycles. The molecule has 34 heavy (non-hydrogen) atoms. The molecule has 0 saturated carbocycles. The minimum Gasteiger partial charge on any atom is -0.421 e. The smallest absolute Gasteiger partial charge is 0.416 e. The van der Waals surface area contributed by atoms with Gasteiger partial charge in [-0.05, 0) is 44.2 Å². The van der Waals surface area contributed by atoms with Crippen LogP contribution < -0.4 is 5.32 Å². The van der Waals surface area contributed by atoms with Gasteiger partial charge in [0.05, 0.1) is 22.0 Å². The molecule has 176 valence electrons. The summed E-state index contributed by atoms with van der Waals surface area (Å²) in [5.41, 5.74) is 1.48. The third-order valence-corrected chi connectivity index (χ3v) is 5.25. The van der Waals surface area contributed by atoms with Crippen LogP contribution in [0, 0.1) is 13.8 Å². The van der Waals surface area contributed by atoms with Crippen molar-refractivity contribution >= 4 is 23.3 Å². The van der Waals surface area contributed by atoms with Gasteiger partial charge < -0.3 is 9.73 Å². The lowest BCUT2D eigenvalue weighted by Gasteiger charge is -2.13. The second-order valence-corrected chi connectivity index (χ2v) is 8.07. The second-order valence-electron chi connectivity index (χ2n) is 7.66. The summed E-state index contributed by atoms with van der Waals surface area (Å²) >= 11 is 6.13. The van der Waals surface area contributed by atoms with E-state index >= 15 is 0 Å². The number of aryl methyl sites for hydroxylation is 3. The predicted molar refractivity (Wildman–Crippen MR) is 120 cm³/mol. The number of anilines is 1. The predicted octanol–water partition coefficient (Wildman–Crippen LogP) is 5.78. The fourth-order valence-corrected chi connectivity index (χ4v) is 3.41. The van der Waals surface area contributed by atoms with E-state index in [9.17, 15) is 18.0 Å². The Labute approximate surface area is 197 Å². The molecule has 1 N–H and O–H groups in total. The SMILES string of the molecule is Cc1ccc(-c2nnc(CCC(=O)Nc3cc(C)nn3-c3cc(C(F)(F)F)ccc3Cl)o2)cc1. The van der Waals surface area contributed by atoms with E-state index in [2.05, 4.69) is 20.6 Å². The molecule has 7 nitrogen and oxygen atoms in total. The highest BCUT2D eigenvalue weighted by molar-refractivity contribution is 6.32. The summed E-state index contributed by atoms with van der Waals surface area (Å²) < 4.78 is 46.3. The first-order valence-corrected chi connectivity index (χ1v) is 10.6. The summed E-state index contributed by atoms with van der Waals surface area (Å²) in [6.45, 7) is 3.62. The number of carbonyl (C=O) groups excluding carboxylic acids is 1. The maximum Gasteiger partial charge on any atom is 0.416 e. The Morgan fingerprint density at radius 3 is 2.53 bits per heavy atom. The number of rotatable bonds is 6. The van der Waals surface area contributed by atoms with E-state index in [0.717, 1.165) is 29.3 Å². The molecule has 4 rings (SSSR count). The molecule has 4 aromatic rings. The fourth-order valence-electron chi connectivity index (χ4n) is 3.22. The minimum atomic E-state index is -4.55. The molecule has 0 fully saturated rings. The summed E-state index contributed by atoms with van der Waals surface area (Å²) in [6.07, 6.45) is -4.36. The highest BCUT2D eigenvalue weighted by Gasteiger charge is 2.31. The molecule has 2 heterocycles. The van der Waals surface area contributed by atoms with Crippen molar-refractivity contribution in [1.29, 1.82) is 0 Å². The summed E-state index contributed by atoms with van der Waals surface area (Å²) in [6, 6.07) is 12.0. The number of aromatic nitrogens is 4. The topological polar surface area (TPSA) is 85.8 Å². The van der Waals surface area contributed by atoms with Gasteiger partial charge in [-0.3, -0.25) is 4.79 Å². The maximum absolute atomic E-state index is 13.2. The largest absolute Gasteiger partial charge is 0.421 e. The summed E-state index contributed by atoms with van der Waals surface area (Å²) in [5, 5.41) is 14.9. The number of hydrogen-bond donors (Lipinski definition) is 1. The van der Waals surface area contributed by atoms with Crippen LogP contribution in [0.15, 0.2) is 52.9 Å². The Morgan fingerprint density at radius 2 is 1.82 bits per heavy atom. The van der Waals surface area contributed by atoms with Gasteiger partial charge in [0.1, 0.15) is 5.82 Å². The molecule has 1 amide bonds. The van der Waals surface area contributed by atoms with Gasteiger partial charge in [-0.1, -0.05) is 29.3 Å². The van der Waals surface area contributed by atoms with Crippen molar-refractivity contribution in [1.82, 2.24) is 20.0 Å². The fraction of sp³-hybridized carbons (Fsp3) is 0.217. The van der Waals surface area contributed by atoms with Crippen LogP contribution in [0.1, 0.15) is 29.1 Å². The van der Waals surface area contributed by atoms with Crippen LogP contribution in [0.25, 0.3) is 17.1 Å². The molecule has 0 saturated heterocycles. The average molecular weight is 490 g/mol. The van der Waals surface area contributed by atoms with Gasteiger partial charge in [-0.2, -0.15) is 18.3 Å². The lowest BCUT2D eigenvalue weighted by atomic mass is 10.1. The van der Waals surface area contributed by atoms with Crippen molar-refractivity contribution < 1.29 is 22.4 Å². The first-order chi connectivity index (χ1) is 16.1. The van der Waals surface area contributed by atoms with Gasteiger partial charge in [0.15, 0.2) is 0 Å². The molecule has 0 aliphatic rings. The number of amides is 1. The van der Waals surface area contributed by atoms with E-state index in [-0.39, 0.29) is 35.3 Å². The minimum absolute atomic E-state index is 0.000433. The zero-order valence-corrected chi connectivity index (χ0v) is 18.9. The van der Waals surface area contributed by atoms with Crippen molar-refractivity contribution in [2.24, 2.45) is 0 Å². The highest BCUT2D eigenvalue weighted by Crippen LogP contribution is 2.34. The molecule has 0 aliphatic carbocycles. The van der Waals surface area contributed by atoms with E-state index in [1.54, 1.807) is 6.92 Å². The van der Waals surface area contributed by atoms with Crippen LogP contribution in [-0.4, -0.2) is 25.9 Å². The van der Waals surface area contributed by atoms with Crippen LogP contribution in [0.4, 0.5) is 19.0 Å². The van der Waals surface area contributed by atoms with Gasteiger partial charge in [-0.15, -0.1) is 10.2 Å². The molecule has 0 radical (unpaired) electrons. The molecule has 11 heteroatoms. The summed E-state index contributed by atoms with van der Waals surface area (Å²) in [7, 11) is 0. The van der Waals surface area contributed by atoms with Crippen molar-refractivity contribution in [3.63, 3.8) is 0 Å². The number of halogens is 4. The molecule has 0 atom stereocenters. The Kier molecular flexibility index (Phi) is 6.43. The third-order valence-electron chi connectivity index (χ3n) is 4.93. The standard InChI is InChI=1S/C23H19ClF3N5O2/c1-13-3-5-15(6-4-13)22-30-29-21(34-22)10-9-20(33)28-19-11-14(2)31-32(19)18-12-16(23(25,26)27)7-8-17(18)24/h3-8,11-12H,9-10H2,1-2H3,(H,28,33). The Morgan fingerprint density at radius 1 is 1.09 bits per heavy atom. The molecule has 0 spiro atoms. The second kappa shape index (κ2) is 9.30. The van der Waals surface area contributed by atoms with E-state index in [0.29, 0.717) is 11.6 Å². The number of carbonyl (C=O) groups is 1. The third kappa shape index (κ3) is 5.28. The lowest BCUT2D eigenvalue weighted by Crippen LogP contribution is -2.16. The Hall–Kier alpha value is -3.66. The number of hydrogen-bond acceptors (Lipinski definition) is 5. The molecule has 0 aliphatic heterocycles. The molecular weight excluding hydrogens is 471 g/mol. The highest BCUT2D eigenvalue weighted by atomic mass is 35.5. The quantitative estimate of drug-likeness (QED) is 0.371. The van der Waals surface area contributed by atoms with Crippen molar-refractivity contribution in [2.75, 3.05) is 5.32 Å². The maximum atomic E-state index is 13.2. The van der Waals surface area contributed by atoms with Gasteiger partial charge in [0, 0.05) is 24.5 Å². The first-order valence-electron chi connectivity index (χ1n) is 10.2. The van der Waals surface area contributed by atoms with Crippen molar-refractivity contribution in [3.8, 4) is 17.1 Å². The first kappa shape index (κ1) is 23.5. The van der Waals surface area contributed by atoms with Gasteiger partial charge in [0.25, 0.3) is 0 Å². The molecular formula is C23H19ClF3N5O2. The van der Waals surface area contributed by atoms with Crippen molar-refractivity contribution in [3.05, 3.63) is 76.3 Å². The zero-order valence-electron chi connectivity index (χ0n) is 18.2. The molecule has 2 aromatic carbocycles. The van der Waals surface area contributed by atoms with E-state index in [4.69, 9.17) is 16.0 Å². The number of nitrogens with one attached hydrogen (secondary N) is 1. The van der Waals surface area contributed by atoms with E-state index in [1.807, 2.05) is 31.2 Å². The van der Waals surface area contributed by atoms with Crippen LogP contribution in [-0.2, 0) is 17.4 Å². The van der Waals surface area contributed by atoms with E-state index < -0.39 is 17.6 Å². The van der Waals surface area contributed by atoms with E-state index in [1.165, 1.54) is 10.7 Å². The van der Waals surface area contributed by atoms with Gasteiger partial charge in [0.2, 0.25) is 17.7 Å². The van der Waals surface area contributed by atoms with Crippen LogP contribution in [0.5, 0.6) is 0 Å². The number of benzene rings is 2. The monoisotopic (exact) mass is 489 g/mol. The lowest BCUT2D eigenvalue weighted by molar-refractivity contribution is -0.137. The summed E-state index contributed by atoms with van der Waals surface area (Å²) in [5.74, 6) is 0.425.